The van der Waals surface area contributed by atoms with Crippen LogP contribution in [0.25, 0.3) is 10.8 Å². The van der Waals surface area contributed by atoms with Crippen LogP contribution in [0.15, 0.2) is 24.3 Å². The van der Waals surface area contributed by atoms with E-state index in [-0.39, 0.29) is 23.3 Å². The Kier molecular flexibility index (Phi) is 12.0. The van der Waals surface area contributed by atoms with Crippen molar-refractivity contribution in [3.05, 3.63) is 46.5 Å². The fourth-order valence-electron chi connectivity index (χ4n) is 7.20. The molecule has 4 saturated carbocycles. The molecule has 7 heteroatoms. The lowest BCUT2D eigenvalue weighted by molar-refractivity contribution is -0.417. The molecule has 0 atom stereocenters. The molecule has 0 unspecified atom stereocenters. The maximum absolute atomic E-state index is 13.1. The summed E-state index contributed by atoms with van der Waals surface area (Å²) in [7, 11) is 0. The molecule has 0 spiro atoms. The van der Waals surface area contributed by atoms with Gasteiger partial charge in [-0.15, -0.1) is 0 Å². The van der Waals surface area contributed by atoms with Gasteiger partial charge in [0.25, 0.3) is 5.91 Å². The third-order valence-electron chi connectivity index (χ3n) is 9.72. The number of nitrogens with one attached hydrogen (secondary N) is 1. The second kappa shape index (κ2) is 15.6. The highest BCUT2D eigenvalue weighted by Crippen LogP contribution is 2.34. The molecule has 4 aliphatic rings. The van der Waals surface area contributed by atoms with E-state index in [1.165, 1.54) is 57.4 Å². The summed E-state index contributed by atoms with van der Waals surface area (Å²) in [4.78, 5) is 38.1. The molecule has 4 aliphatic carbocycles. The first-order chi connectivity index (χ1) is 20.2. The number of carbonyl (C=O) groups is 3. The second-order valence-corrected chi connectivity index (χ2v) is 13.2. The first-order valence-corrected chi connectivity index (χ1v) is 16.5. The zero-order valence-electron chi connectivity index (χ0n) is 25.7. The fraction of sp³-hybridized carbons (Fsp3) is 0.629. The lowest BCUT2D eigenvalue weighted by Gasteiger charge is -2.19. The summed E-state index contributed by atoms with van der Waals surface area (Å²) in [6.07, 6.45) is 20.1. The van der Waals surface area contributed by atoms with E-state index in [2.05, 4.69) is 16.8 Å². The quantitative estimate of drug-likeness (QED) is 0.440. The van der Waals surface area contributed by atoms with Crippen molar-refractivity contribution in [3.63, 3.8) is 0 Å². The number of aromatic carboxylic acids is 1. The number of rotatable bonds is 6. The number of carboxylic acids is 1. The third kappa shape index (κ3) is 8.63. The molecule has 2 aromatic carbocycles. The van der Waals surface area contributed by atoms with Gasteiger partial charge in [0.15, 0.2) is 5.78 Å². The minimum absolute atomic E-state index is 0.0270. The van der Waals surface area contributed by atoms with Gasteiger partial charge in [-0.3, -0.25) is 9.59 Å². The van der Waals surface area contributed by atoms with Crippen molar-refractivity contribution in [2.45, 2.75) is 134 Å². The molecule has 6 rings (SSSR count). The van der Waals surface area contributed by atoms with E-state index in [1.807, 2.05) is 13.0 Å². The molecule has 2 aromatic rings. The first kappa shape index (κ1) is 32.2. The van der Waals surface area contributed by atoms with Crippen LogP contribution in [0.4, 0.5) is 0 Å². The Hall–Kier alpha value is -2.77. The molecule has 4 fully saturated rings. The molecule has 0 bridgehead atoms. The number of quaternary nitrogens is 2. The molecule has 42 heavy (non-hydrogen) atoms. The summed E-state index contributed by atoms with van der Waals surface area (Å²) in [6, 6.07) is 8.23. The van der Waals surface area contributed by atoms with E-state index < -0.39 is 5.97 Å². The van der Waals surface area contributed by atoms with Crippen molar-refractivity contribution in [3.8, 4) is 0 Å². The van der Waals surface area contributed by atoms with Gasteiger partial charge in [-0.25, -0.2) is 0 Å². The summed E-state index contributed by atoms with van der Waals surface area (Å²) in [5, 5.41) is 15.9. The highest BCUT2D eigenvalue weighted by atomic mass is 16.4. The van der Waals surface area contributed by atoms with Gasteiger partial charge >= 0.3 is 0 Å². The summed E-state index contributed by atoms with van der Waals surface area (Å²) in [5.41, 5.74) is 9.44. The Labute approximate surface area is 251 Å². The van der Waals surface area contributed by atoms with Crippen molar-refractivity contribution in [1.82, 2.24) is 5.32 Å². The average molecular weight is 579 g/mol. The number of fused-ring (bicyclic) bond motifs is 1. The van der Waals surface area contributed by atoms with Gasteiger partial charge in [0, 0.05) is 34.5 Å². The number of hydrogen-bond donors (Lipinski definition) is 3. The minimum atomic E-state index is -1.33. The van der Waals surface area contributed by atoms with E-state index in [4.69, 9.17) is 0 Å². The minimum Gasteiger partial charge on any atom is -0.545 e. The lowest BCUT2D eigenvalue weighted by Crippen LogP contribution is -2.59. The van der Waals surface area contributed by atoms with Crippen molar-refractivity contribution >= 4 is 28.4 Å². The molecule has 1 amide bonds. The molecular formula is C35H52N3O4+. The number of Topliss-reactive ketones (excluding diaryl/α,β-unsaturated/α-hetero) is 1. The van der Waals surface area contributed by atoms with Crippen LogP contribution in [0.2, 0.25) is 0 Å². The topological polar surface area (TPSA) is 142 Å². The Morgan fingerprint density at radius 3 is 1.67 bits per heavy atom. The summed E-state index contributed by atoms with van der Waals surface area (Å²) < 4.78 is 0. The van der Waals surface area contributed by atoms with Crippen molar-refractivity contribution in [2.24, 2.45) is 5.92 Å². The molecule has 0 radical (unpaired) electrons. The van der Waals surface area contributed by atoms with Crippen LogP contribution in [0, 0.1) is 12.8 Å². The second-order valence-electron chi connectivity index (χ2n) is 13.2. The zero-order valence-corrected chi connectivity index (χ0v) is 25.7. The van der Waals surface area contributed by atoms with Crippen LogP contribution in [-0.2, 0) is 0 Å². The number of carboxylic acid groups (broad SMARTS) is 1. The van der Waals surface area contributed by atoms with Gasteiger partial charge in [-0.2, -0.15) is 0 Å². The van der Waals surface area contributed by atoms with Gasteiger partial charge in [-0.1, -0.05) is 56.7 Å². The van der Waals surface area contributed by atoms with Gasteiger partial charge in [0.05, 0.1) is 18.1 Å². The third-order valence-corrected chi connectivity index (χ3v) is 9.72. The van der Waals surface area contributed by atoms with Crippen LogP contribution in [0.1, 0.15) is 146 Å². The predicted molar refractivity (Wildman–Crippen MR) is 164 cm³/mol. The lowest BCUT2D eigenvalue weighted by atomic mass is 9.88. The first-order valence-electron chi connectivity index (χ1n) is 16.5. The average Bonchev–Trinajstić information content (AvgIpc) is 3.79. The Morgan fingerprint density at radius 1 is 0.690 bits per heavy atom. The number of amides is 1. The fourth-order valence-corrected chi connectivity index (χ4v) is 7.20. The van der Waals surface area contributed by atoms with E-state index in [9.17, 15) is 19.5 Å². The van der Waals surface area contributed by atoms with Crippen LogP contribution in [-0.4, -0.2) is 35.8 Å². The molecule has 7 nitrogen and oxygen atoms in total. The Bertz CT molecular complexity index is 1200. The van der Waals surface area contributed by atoms with Gasteiger partial charge < -0.3 is 26.7 Å². The van der Waals surface area contributed by atoms with E-state index >= 15 is 0 Å². The van der Waals surface area contributed by atoms with Gasteiger partial charge in [0.2, 0.25) is 0 Å². The molecular weight excluding hydrogens is 526 g/mol. The number of benzene rings is 2. The van der Waals surface area contributed by atoms with Crippen LogP contribution in [0.3, 0.4) is 0 Å². The van der Waals surface area contributed by atoms with Crippen molar-refractivity contribution in [1.29, 1.82) is 0 Å². The maximum Gasteiger partial charge on any atom is 0.252 e. The maximum atomic E-state index is 13.1. The Balaban J connectivity index is 0.000000277. The molecule has 0 heterocycles. The van der Waals surface area contributed by atoms with E-state index in [0.29, 0.717) is 34.2 Å². The highest BCUT2D eigenvalue weighted by molar-refractivity contribution is 6.20. The SMILES string of the molecule is Cc1ccc(C(=O)CC2CCCC2)c2c(C(=O)[O-])ccc(C(=O)NC3CCCC3)c12.[NH3+]C1CCCC1.[NH3+]C1CCCC1. The van der Waals surface area contributed by atoms with Gasteiger partial charge in [0.1, 0.15) is 0 Å². The predicted octanol–water partition coefficient (Wildman–Crippen LogP) is 4.29. The number of aryl methyl sites for hydroxylation is 1. The molecule has 0 aromatic heterocycles. The summed E-state index contributed by atoms with van der Waals surface area (Å²) >= 11 is 0. The van der Waals surface area contributed by atoms with E-state index in [1.54, 1.807) is 12.1 Å². The summed E-state index contributed by atoms with van der Waals surface area (Å²) in [5.74, 6) is -1.24. The monoisotopic (exact) mass is 578 g/mol. The molecule has 230 valence electrons. The van der Waals surface area contributed by atoms with Crippen molar-refractivity contribution < 1.29 is 31.0 Å². The smallest absolute Gasteiger partial charge is 0.252 e. The standard InChI is InChI=1S/C25H29NO4.2C5H11N/c1-15-10-11-18(21(27)14-16-6-2-3-7-16)23-20(25(29)30)13-12-19(22(15)23)24(28)26-17-8-4-5-9-17;2*6-5-3-1-2-4-5/h10-13,16-17H,2-9,14H2,1H3,(H,26,28)(H,29,30);2*5H,1-4,6H2/p+1. The summed E-state index contributed by atoms with van der Waals surface area (Å²) in [6.45, 7) is 1.85. The highest BCUT2D eigenvalue weighted by Gasteiger charge is 2.25. The van der Waals surface area contributed by atoms with Crippen LogP contribution >= 0.6 is 0 Å². The van der Waals surface area contributed by atoms with Crippen LogP contribution < -0.4 is 21.9 Å². The number of ketones is 1. The number of hydrogen-bond acceptors (Lipinski definition) is 4. The van der Waals surface area contributed by atoms with Crippen molar-refractivity contribution in [2.75, 3.05) is 0 Å². The molecule has 7 N–H and O–H groups in total. The number of carbonyl (C=O) groups excluding carboxylic acids is 3. The zero-order chi connectivity index (χ0) is 30.1. The molecule has 0 aliphatic heterocycles. The molecule has 0 saturated heterocycles. The Morgan fingerprint density at radius 2 is 1.17 bits per heavy atom. The normalized spacial score (nSPS) is 19.8. The van der Waals surface area contributed by atoms with E-state index in [0.717, 1.165) is 69.0 Å². The van der Waals surface area contributed by atoms with Crippen LogP contribution in [0.5, 0.6) is 0 Å². The van der Waals surface area contributed by atoms with Gasteiger partial charge in [-0.05, 0) is 94.1 Å². The largest absolute Gasteiger partial charge is 0.545 e.